The zero-order chi connectivity index (χ0) is 12.8. The van der Waals surface area contributed by atoms with Crippen LogP contribution in [0, 0.1) is 6.92 Å². The maximum absolute atomic E-state index is 3.26. The lowest BCUT2D eigenvalue weighted by Crippen LogP contribution is -2.13. The summed E-state index contributed by atoms with van der Waals surface area (Å²) in [5.41, 5.74) is 4.23. The molecule has 0 fully saturated rings. The lowest BCUT2D eigenvalue weighted by molar-refractivity contribution is 0.659. The molecule has 0 aliphatic carbocycles. The molecule has 0 bridgehead atoms. The molecule has 2 rings (SSSR count). The minimum atomic E-state index is 0.486. The van der Waals surface area contributed by atoms with Crippen molar-refractivity contribution in [3.8, 4) is 0 Å². The largest absolute Gasteiger partial charge is 0.320 e. The van der Waals surface area contributed by atoms with E-state index in [4.69, 9.17) is 0 Å². The van der Waals surface area contributed by atoms with Crippen molar-refractivity contribution in [1.82, 2.24) is 5.32 Å². The standard InChI is InChI=1S/C17H21N/c1-14-8-6-7-11-16(14)17(12-13-18-2)15-9-4-3-5-10-15/h3-11,17-18H,12-13H2,1-2H3. The van der Waals surface area contributed by atoms with E-state index in [1.165, 1.54) is 16.7 Å². The molecule has 1 atom stereocenters. The third-order valence-corrected chi connectivity index (χ3v) is 3.45. The third-order valence-electron chi connectivity index (χ3n) is 3.45. The van der Waals surface area contributed by atoms with Crippen molar-refractivity contribution in [2.24, 2.45) is 0 Å². The highest BCUT2D eigenvalue weighted by Gasteiger charge is 2.14. The van der Waals surface area contributed by atoms with Gasteiger partial charge in [0.25, 0.3) is 0 Å². The first-order valence-electron chi connectivity index (χ1n) is 6.58. The van der Waals surface area contributed by atoms with Crippen molar-refractivity contribution >= 4 is 0 Å². The van der Waals surface area contributed by atoms with Crippen molar-refractivity contribution in [2.75, 3.05) is 13.6 Å². The predicted molar refractivity (Wildman–Crippen MR) is 78.0 cm³/mol. The van der Waals surface area contributed by atoms with Crippen LogP contribution >= 0.6 is 0 Å². The highest BCUT2D eigenvalue weighted by molar-refractivity contribution is 5.37. The normalized spacial score (nSPS) is 12.3. The molecule has 1 unspecified atom stereocenters. The molecule has 0 saturated carbocycles. The van der Waals surface area contributed by atoms with Crippen LogP contribution in [0.25, 0.3) is 0 Å². The second kappa shape index (κ2) is 6.36. The summed E-state index contributed by atoms with van der Waals surface area (Å²) in [7, 11) is 2.01. The first kappa shape index (κ1) is 12.8. The van der Waals surface area contributed by atoms with Crippen LogP contribution in [0.5, 0.6) is 0 Å². The monoisotopic (exact) mass is 239 g/mol. The minimum Gasteiger partial charge on any atom is -0.320 e. The van der Waals surface area contributed by atoms with Crippen molar-refractivity contribution < 1.29 is 0 Å². The van der Waals surface area contributed by atoms with E-state index in [-0.39, 0.29) is 0 Å². The lowest BCUT2D eigenvalue weighted by atomic mass is 9.86. The Hall–Kier alpha value is -1.60. The van der Waals surface area contributed by atoms with Crippen LogP contribution in [0.4, 0.5) is 0 Å². The number of aryl methyl sites for hydroxylation is 1. The van der Waals surface area contributed by atoms with Crippen molar-refractivity contribution in [3.05, 3.63) is 71.3 Å². The van der Waals surface area contributed by atoms with Gasteiger partial charge in [0.2, 0.25) is 0 Å². The van der Waals surface area contributed by atoms with Gasteiger partial charge in [-0.05, 0) is 43.6 Å². The summed E-state index contributed by atoms with van der Waals surface area (Å²) in [6, 6.07) is 19.5. The Kier molecular flexibility index (Phi) is 4.54. The maximum Gasteiger partial charge on any atom is 0.0104 e. The molecule has 2 aromatic carbocycles. The zero-order valence-corrected chi connectivity index (χ0v) is 11.2. The van der Waals surface area contributed by atoms with E-state index < -0.39 is 0 Å². The molecule has 0 radical (unpaired) electrons. The molecule has 0 aliphatic rings. The van der Waals surface area contributed by atoms with Crippen LogP contribution in [0.3, 0.4) is 0 Å². The Balaban J connectivity index is 2.34. The summed E-state index contributed by atoms with van der Waals surface area (Å²) in [6.45, 7) is 3.23. The molecule has 0 heterocycles. The summed E-state index contributed by atoms with van der Waals surface area (Å²) in [5.74, 6) is 0.486. The molecule has 2 aromatic rings. The van der Waals surface area contributed by atoms with Crippen molar-refractivity contribution in [3.63, 3.8) is 0 Å². The number of hydrogen-bond acceptors (Lipinski definition) is 1. The molecule has 94 valence electrons. The highest BCUT2D eigenvalue weighted by Crippen LogP contribution is 2.29. The fourth-order valence-corrected chi connectivity index (χ4v) is 2.45. The lowest BCUT2D eigenvalue weighted by Gasteiger charge is -2.20. The number of benzene rings is 2. The van der Waals surface area contributed by atoms with Gasteiger partial charge in [-0.2, -0.15) is 0 Å². The minimum absolute atomic E-state index is 0.486. The van der Waals surface area contributed by atoms with Crippen LogP contribution in [0.2, 0.25) is 0 Å². The van der Waals surface area contributed by atoms with Crippen molar-refractivity contribution in [2.45, 2.75) is 19.3 Å². The van der Waals surface area contributed by atoms with Gasteiger partial charge in [-0.25, -0.2) is 0 Å². The molecule has 0 aromatic heterocycles. The quantitative estimate of drug-likeness (QED) is 0.838. The topological polar surface area (TPSA) is 12.0 Å². The fourth-order valence-electron chi connectivity index (χ4n) is 2.45. The second-order valence-electron chi connectivity index (χ2n) is 4.71. The Bertz CT molecular complexity index is 476. The van der Waals surface area contributed by atoms with Gasteiger partial charge in [-0.3, -0.25) is 0 Å². The number of nitrogens with one attached hydrogen (secondary N) is 1. The summed E-state index contributed by atoms with van der Waals surface area (Å²) >= 11 is 0. The van der Waals surface area contributed by atoms with Gasteiger partial charge in [0.1, 0.15) is 0 Å². The van der Waals surface area contributed by atoms with Gasteiger partial charge < -0.3 is 5.32 Å². The van der Waals surface area contributed by atoms with Gasteiger partial charge in [-0.15, -0.1) is 0 Å². The van der Waals surface area contributed by atoms with Crippen LogP contribution < -0.4 is 5.32 Å². The summed E-state index contributed by atoms with van der Waals surface area (Å²) in [4.78, 5) is 0. The average molecular weight is 239 g/mol. The maximum atomic E-state index is 3.26. The molecule has 1 nitrogen and oxygen atoms in total. The van der Waals surface area contributed by atoms with E-state index in [0.717, 1.165) is 13.0 Å². The van der Waals surface area contributed by atoms with E-state index >= 15 is 0 Å². The van der Waals surface area contributed by atoms with E-state index in [2.05, 4.69) is 66.8 Å². The third kappa shape index (κ3) is 2.99. The van der Waals surface area contributed by atoms with E-state index in [1.807, 2.05) is 7.05 Å². The fraction of sp³-hybridized carbons (Fsp3) is 0.294. The molecule has 18 heavy (non-hydrogen) atoms. The van der Waals surface area contributed by atoms with Gasteiger partial charge in [0, 0.05) is 5.92 Å². The predicted octanol–water partition coefficient (Wildman–Crippen LogP) is 3.74. The molecular weight excluding hydrogens is 218 g/mol. The molecule has 1 heteroatoms. The Morgan fingerprint density at radius 2 is 1.61 bits per heavy atom. The van der Waals surface area contributed by atoms with Crippen LogP contribution in [-0.2, 0) is 0 Å². The SMILES string of the molecule is CNCCC(c1ccccc1)c1ccccc1C. The summed E-state index contributed by atoms with van der Waals surface area (Å²) < 4.78 is 0. The molecule has 0 aliphatic heterocycles. The Morgan fingerprint density at radius 3 is 2.28 bits per heavy atom. The van der Waals surface area contributed by atoms with Gasteiger partial charge >= 0.3 is 0 Å². The Morgan fingerprint density at radius 1 is 0.944 bits per heavy atom. The molecular formula is C17H21N. The smallest absolute Gasteiger partial charge is 0.0104 e. The molecule has 0 spiro atoms. The second-order valence-corrected chi connectivity index (χ2v) is 4.71. The summed E-state index contributed by atoms with van der Waals surface area (Å²) in [6.07, 6.45) is 1.13. The zero-order valence-electron chi connectivity index (χ0n) is 11.2. The molecule has 1 N–H and O–H groups in total. The van der Waals surface area contributed by atoms with Crippen molar-refractivity contribution in [1.29, 1.82) is 0 Å². The Labute approximate surface area is 110 Å². The van der Waals surface area contributed by atoms with Gasteiger partial charge in [0.05, 0.1) is 0 Å². The average Bonchev–Trinajstić information content (AvgIpc) is 2.42. The highest BCUT2D eigenvalue weighted by atomic mass is 14.8. The van der Waals surface area contributed by atoms with Gasteiger partial charge in [0.15, 0.2) is 0 Å². The molecule has 0 amide bonds. The van der Waals surface area contributed by atoms with E-state index in [0.29, 0.717) is 5.92 Å². The first-order chi connectivity index (χ1) is 8.83. The number of rotatable bonds is 5. The summed E-state index contributed by atoms with van der Waals surface area (Å²) in [5, 5.41) is 3.26. The van der Waals surface area contributed by atoms with E-state index in [1.54, 1.807) is 0 Å². The molecule has 0 saturated heterocycles. The number of hydrogen-bond donors (Lipinski definition) is 1. The van der Waals surface area contributed by atoms with Gasteiger partial charge in [-0.1, -0.05) is 54.6 Å². The van der Waals surface area contributed by atoms with Crippen LogP contribution in [0.1, 0.15) is 29.0 Å². The van der Waals surface area contributed by atoms with Crippen LogP contribution in [-0.4, -0.2) is 13.6 Å². The van der Waals surface area contributed by atoms with Crippen LogP contribution in [0.15, 0.2) is 54.6 Å². The van der Waals surface area contributed by atoms with E-state index in [9.17, 15) is 0 Å². The first-order valence-corrected chi connectivity index (χ1v) is 6.58.